The molecular weight excluding hydrogens is 431 g/mol. The molecule has 1 aromatic heterocycles. The van der Waals surface area contributed by atoms with Gasteiger partial charge in [0.05, 0.1) is 6.61 Å². The van der Waals surface area contributed by atoms with E-state index in [1.807, 2.05) is 12.1 Å². The predicted molar refractivity (Wildman–Crippen MR) is 112 cm³/mol. The van der Waals surface area contributed by atoms with Gasteiger partial charge in [0.1, 0.15) is 6.61 Å². The molecule has 1 aromatic rings. The SMILES string of the molecule is CCC1(CNC(=NC)NCc2cccnc2OCCOC)CCC1.I. The van der Waals surface area contributed by atoms with Crippen molar-refractivity contribution in [3.05, 3.63) is 23.9 Å². The minimum absolute atomic E-state index is 0. The standard InChI is InChI=1S/C18H30N4O2.HI/c1-4-18(8-6-9-18)14-22-17(19-2)21-13-15-7-5-10-20-16(15)24-12-11-23-3;/h5,7,10H,4,6,8-9,11-14H2,1-3H3,(H2,19,21,22);1H. The summed E-state index contributed by atoms with van der Waals surface area (Å²) in [4.78, 5) is 8.61. The summed E-state index contributed by atoms with van der Waals surface area (Å²) >= 11 is 0. The monoisotopic (exact) mass is 462 g/mol. The molecule has 0 amide bonds. The van der Waals surface area contributed by atoms with Crippen LogP contribution in [0.2, 0.25) is 0 Å². The summed E-state index contributed by atoms with van der Waals surface area (Å²) in [6.07, 6.45) is 6.93. The van der Waals surface area contributed by atoms with Crippen LogP contribution in [0.15, 0.2) is 23.3 Å². The third-order valence-electron chi connectivity index (χ3n) is 4.84. The second kappa shape index (κ2) is 11.5. The second-order valence-electron chi connectivity index (χ2n) is 6.30. The molecule has 1 heterocycles. The Bertz CT molecular complexity index is 530. The quantitative estimate of drug-likeness (QED) is 0.256. The van der Waals surface area contributed by atoms with E-state index in [-0.39, 0.29) is 24.0 Å². The summed E-state index contributed by atoms with van der Waals surface area (Å²) in [5.41, 5.74) is 1.46. The Hall–Kier alpha value is -1.09. The van der Waals surface area contributed by atoms with E-state index >= 15 is 0 Å². The maximum Gasteiger partial charge on any atom is 0.218 e. The summed E-state index contributed by atoms with van der Waals surface area (Å²) in [5.74, 6) is 1.46. The van der Waals surface area contributed by atoms with Crippen molar-refractivity contribution >= 4 is 29.9 Å². The van der Waals surface area contributed by atoms with Gasteiger partial charge in [-0.05, 0) is 30.7 Å². The van der Waals surface area contributed by atoms with E-state index in [1.54, 1.807) is 20.4 Å². The lowest BCUT2D eigenvalue weighted by Gasteiger charge is -2.41. The van der Waals surface area contributed by atoms with Gasteiger partial charge in [0.25, 0.3) is 0 Å². The number of hydrogen-bond acceptors (Lipinski definition) is 4. The molecule has 0 aromatic carbocycles. The van der Waals surface area contributed by atoms with E-state index in [0.29, 0.717) is 31.1 Å². The van der Waals surface area contributed by atoms with Crippen LogP contribution < -0.4 is 15.4 Å². The number of aliphatic imine (C=N–C) groups is 1. The Labute approximate surface area is 168 Å². The summed E-state index contributed by atoms with van der Waals surface area (Å²) in [5, 5.41) is 6.81. The van der Waals surface area contributed by atoms with E-state index < -0.39 is 0 Å². The topological polar surface area (TPSA) is 67.8 Å². The lowest BCUT2D eigenvalue weighted by Crippen LogP contribution is -2.46. The highest BCUT2D eigenvalue weighted by atomic mass is 127. The van der Waals surface area contributed by atoms with Gasteiger partial charge in [0.2, 0.25) is 5.88 Å². The van der Waals surface area contributed by atoms with Crippen molar-refractivity contribution in [3.8, 4) is 5.88 Å². The first-order valence-corrected chi connectivity index (χ1v) is 8.73. The molecule has 142 valence electrons. The van der Waals surface area contributed by atoms with Crippen LogP contribution >= 0.6 is 24.0 Å². The van der Waals surface area contributed by atoms with Crippen molar-refractivity contribution in [3.63, 3.8) is 0 Å². The smallest absolute Gasteiger partial charge is 0.218 e. The molecule has 6 nitrogen and oxygen atoms in total. The Balaban J connectivity index is 0.00000312. The molecule has 1 aliphatic rings. The minimum atomic E-state index is 0. The molecule has 0 unspecified atom stereocenters. The average molecular weight is 462 g/mol. The zero-order valence-electron chi connectivity index (χ0n) is 15.5. The van der Waals surface area contributed by atoms with Crippen LogP contribution in [0.4, 0.5) is 0 Å². The van der Waals surface area contributed by atoms with Gasteiger partial charge < -0.3 is 20.1 Å². The number of guanidine groups is 1. The van der Waals surface area contributed by atoms with Crippen LogP contribution in [0.25, 0.3) is 0 Å². The molecule has 2 rings (SSSR count). The van der Waals surface area contributed by atoms with E-state index in [0.717, 1.165) is 18.1 Å². The third-order valence-corrected chi connectivity index (χ3v) is 4.84. The van der Waals surface area contributed by atoms with Crippen molar-refractivity contribution < 1.29 is 9.47 Å². The van der Waals surface area contributed by atoms with E-state index in [2.05, 4.69) is 27.5 Å². The first kappa shape index (κ1) is 22.0. The number of hydrogen-bond donors (Lipinski definition) is 2. The van der Waals surface area contributed by atoms with E-state index in [4.69, 9.17) is 9.47 Å². The van der Waals surface area contributed by atoms with Crippen molar-refractivity contribution in [1.82, 2.24) is 15.6 Å². The average Bonchev–Trinajstić information content (AvgIpc) is 2.58. The molecule has 1 fully saturated rings. The number of aromatic nitrogens is 1. The van der Waals surface area contributed by atoms with Crippen LogP contribution in [0.5, 0.6) is 5.88 Å². The minimum Gasteiger partial charge on any atom is -0.475 e. The van der Waals surface area contributed by atoms with Crippen LogP contribution in [0, 0.1) is 5.41 Å². The number of rotatable bonds is 9. The molecule has 1 saturated carbocycles. The van der Waals surface area contributed by atoms with Gasteiger partial charge >= 0.3 is 0 Å². The predicted octanol–water partition coefficient (Wildman–Crippen LogP) is 2.97. The Morgan fingerprint density at radius 1 is 1.32 bits per heavy atom. The molecule has 7 heteroatoms. The van der Waals surface area contributed by atoms with Gasteiger partial charge in [-0.15, -0.1) is 24.0 Å². The first-order chi connectivity index (χ1) is 11.7. The Morgan fingerprint density at radius 3 is 2.72 bits per heavy atom. The zero-order chi connectivity index (χ0) is 17.3. The van der Waals surface area contributed by atoms with Crippen LogP contribution in [0.1, 0.15) is 38.2 Å². The Morgan fingerprint density at radius 2 is 2.12 bits per heavy atom. The Kier molecular flexibility index (Phi) is 10.1. The van der Waals surface area contributed by atoms with Crippen molar-refractivity contribution in [1.29, 1.82) is 0 Å². The molecule has 0 bridgehead atoms. The maximum absolute atomic E-state index is 5.67. The number of pyridine rings is 1. The molecule has 2 N–H and O–H groups in total. The number of nitrogens with one attached hydrogen (secondary N) is 2. The van der Waals surface area contributed by atoms with Crippen molar-refractivity contribution in [2.75, 3.05) is 33.9 Å². The highest BCUT2D eigenvalue weighted by Crippen LogP contribution is 2.42. The molecule has 25 heavy (non-hydrogen) atoms. The molecular formula is C18H31IN4O2. The van der Waals surface area contributed by atoms with Gasteiger partial charge in [0, 0.05) is 39.0 Å². The first-order valence-electron chi connectivity index (χ1n) is 8.73. The van der Waals surface area contributed by atoms with Crippen molar-refractivity contribution in [2.45, 2.75) is 39.2 Å². The summed E-state index contributed by atoms with van der Waals surface area (Å²) in [6.45, 7) is 4.91. The zero-order valence-corrected chi connectivity index (χ0v) is 17.8. The normalized spacial score (nSPS) is 15.7. The summed E-state index contributed by atoms with van der Waals surface area (Å²) in [7, 11) is 3.46. The molecule has 1 aliphatic carbocycles. The maximum atomic E-state index is 5.67. The van der Waals surface area contributed by atoms with Gasteiger partial charge in [-0.25, -0.2) is 4.98 Å². The lowest BCUT2D eigenvalue weighted by atomic mass is 9.67. The summed E-state index contributed by atoms with van der Waals surface area (Å²) < 4.78 is 10.7. The highest BCUT2D eigenvalue weighted by molar-refractivity contribution is 14.0. The number of halogens is 1. The molecule has 0 radical (unpaired) electrons. The molecule has 0 saturated heterocycles. The summed E-state index contributed by atoms with van der Waals surface area (Å²) in [6, 6.07) is 3.92. The van der Waals surface area contributed by atoms with Crippen LogP contribution in [-0.4, -0.2) is 44.9 Å². The number of methoxy groups -OCH3 is 1. The van der Waals surface area contributed by atoms with Crippen molar-refractivity contribution in [2.24, 2.45) is 10.4 Å². The fraction of sp³-hybridized carbons (Fsp3) is 0.667. The third kappa shape index (κ3) is 6.62. The van der Waals surface area contributed by atoms with E-state index in [1.165, 1.54) is 25.7 Å². The van der Waals surface area contributed by atoms with Crippen LogP contribution in [0.3, 0.4) is 0 Å². The molecule has 0 atom stereocenters. The van der Waals surface area contributed by atoms with Gasteiger partial charge in [-0.3, -0.25) is 4.99 Å². The number of nitrogens with zero attached hydrogens (tertiary/aromatic N) is 2. The largest absolute Gasteiger partial charge is 0.475 e. The highest BCUT2D eigenvalue weighted by Gasteiger charge is 2.34. The van der Waals surface area contributed by atoms with Crippen LogP contribution in [-0.2, 0) is 11.3 Å². The second-order valence-corrected chi connectivity index (χ2v) is 6.30. The van der Waals surface area contributed by atoms with Gasteiger partial charge in [0.15, 0.2) is 5.96 Å². The van der Waals surface area contributed by atoms with Gasteiger partial charge in [-0.2, -0.15) is 0 Å². The fourth-order valence-corrected chi connectivity index (χ4v) is 2.91. The molecule has 0 spiro atoms. The number of ether oxygens (including phenoxy) is 2. The molecule has 0 aliphatic heterocycles. The fourth-order valence-electron chi connectivity index (χ4n) is 2.91. The van der Waals surface area contributed by atoms with Gasteiger partial charge in [-0.1, -0.05) is 19.4 Å². The van der Waals surface area contributed by atoms with E-state index in [9.17, 15) is 0 Å². The lowest BCUT2D eigenvalue weighted by molar-refractivity contribution is 0.131.